The Hall–Kier alpha value is -2.22. The Kier molecular flexibility index (Phi) is 3.84. The Balaban J connectivity index is 2.24. The highest BCUT2D eigenvalue weighted by molar-refractivity contribution is 7.16. The van der Waals surface area contributed by atoms with Crippen molar-refractivity contribution in [3.05, 3.63) is 28.1 Å². The zero-order chi connectivity index (χ0) is 14.9. The zero-order valence-corrected chi connectivity index (χ0v) is 11.8. The Morgan fingerprint density at radius 1 is 1.55 bits per heavy atom. The second kappa shape index (κ2) is 5.41. The van der Waals surface area contributed by atoms with Gasteiger partial charge in [-0.15, -0.1) is 11.3 Å². The number of fused-ring (bicyclic) bond motifs is 1. The van der Waals surface area contributed by atoms with Crippen molar-refractivity contribution in [2.45, 2.75) is 19.5 Å². The lowest BCUT2D eigenvalue weighted by Gasteiger charge is -2.21. The first-order chi connectivity index (χ1) is 9.41. The maximum Gasteiger partial charge on any atom is 0.326 e. The molecule has 0 saturated carbocycles. The molecule has 1 unspecified atom stereocenters. The predicted octanol–water partition coefficient (Wildman–Crippen LogP) is 0.390. The first-order valence-electron chi connectivity index (χ1n) is 5.83. The van der Waals surface area contributed by atoms with Crippen LogP contribution in [-0.4, -0.2) is 44.5 Å². The van der Waals surface area contributed by atoms with Crippen LogP contribution in [0.3, 0.4) is 0 Å². The molecule has 0 spiro atoms. The summed E-state index contributed by atoms with van der Waals surface area (Å²) in [5.74, 6) is -1.56. The summed E-state index contributed by atoms with van der Waals surface area (Å²) in [6.45, 7) is 1.18. The van der Waals surface area contributed by atoms with Gasteiger partial charge in [-0.2, -0.15) is 0 Å². The number of aliphatic carboxylic acids is 1. The summed E-state index contributed by atoms with van der Waals surface area (Å²) in [5, 5.41) is 11.1. The molecule has 1 atom stereocenters. The molecular weight excluding hydrogens is 282 g/mol. The van der Waals surface area contributed by atoms with Crippen molar-refractivity contribution >= 4 is 33.4 Å². The van der Waals surface area contributed by atoms with E-state index in [-0.39, 0.29) is 12.1 Å². The lowest BCUT2D eigenvalue weighted by molar-refractivity contribution is -0.148. The van der Waals surface area contributed by atoms with Gasteiger partial charge in [0, 0.05) is 7.05 Å². The molecule has 0 saturated heterocycles. The van der Waals surface area contributed by atoms with E-state index in [1.54, 1.807) is 11.4 Å². The van der Waals surface area contributed by atoms with Gasteiger partial charge in [-0.3, -0.25) is 14.2 Å². The van der Waals surface area contributed by atoms with Crippen LogP contribution in [0.1, 0.15) is 6.92 Å². The molecule has 0 radical (unpaired) electrons. The normalized spacial score (nSPS) is 12.3. The highest BCUT2D eigenvalue weighted by Gasteiger charge is 2.22. The van der Waals surface area contributed by atoms with Crippen LogP contribution in [0.2, 0.25) is 0 Å². The standard InChI is InChI=1S/C12H13N3O4S/c1-7(12(18)19)14(2)9(16)5-15-6-13-10-8(11(15)17)3-4-20-10/h3-4,6-7H,5H2,1-2H3,(H,18,19). The Bertz CT molecular complexity index is 721. The van der Waals surface area contributed by atoms with E-state index in [1.165, 1.54) is 36.2 Å². The quantitative estimate of drug-likeness (QED) is 0.880. The topological polar surface area (TPSA) is 92.5 Å². The largest absolute Gasteiger partial charge is 0.480 e. The molecule has 0 fully saturated rings. The molecular formula is C12H13N3O4S. The van der Waals surface area contributed by atoms with Gasteiger partial charge in [0.05, 0.1) is 11.7 Å². The van der Waals surface area contributed by atoms with Gasteiger partial charge in [0.1, 0.15) is 17.4 Å². The number of likely N-dealkylation sites (N-methyl/N-ethyl adjacent to an activating group) is 1. The summed E-state index contributed by atoms with van der Waals surface area (Å²) in [7, 11) is 1.39. The fraction of sp³-hybridized carbons (Fsp3) is 0.333. The van der Waals surface area contributed by atoms with Crippen molar-refractivity contribution in [3.8, 4) is 0 Å². The van der Waals surface area contributed by atoms with Gasteiger partial charge >= 0.3 is 5.97 Å². The summed E-state index contributed by atoms with van der Waals surface area (Å²) in [6, 6.07) is 0.705. The molecule has 1 amide bonds. The van der Waals surface area contributed by atoms with Crippen LogP contribution in [0.15, 0.2) is 22.6 Å². The highest BCUT2D eigenvalue weighted by atomic mass is 32.1. The van der Waals surface area contributed by atoms with Crippen LogP contribution >= 0.6 is 11.3 Å². The lowest BCUT2D eigenvalue weighted by Crippen LogP contribution is -2.43. The van der Waals surface area contributed by atoms with Crippen LogP contribution in [0.25, 0.3) is 10.2 Å². The van der Waals surface area contributed by atoms with Crippen molar-refractivity contribution < 1.29 is 14.7 Å². The molecule has 0 aliphatic carbocycles. The molecule has 0 bridgehead atoms. The average Bonchev–Trinajstić information content (AvgIpc) is 2.89. The van der Waals surface area contributed by atoms with Gasteiger partial charge in [-0.05, 0) is 18.4 Å². The van der Waals surface area contributed by atoms with E-state index >= 15 is 0 Å². The molecule has 0 aliphatic heterocycles. The van der Waals surface area contributed by atoms with Gasteiger partial charge in [-0.25, -0.2) is 9.78 Å². The van der Waals surface area contributed by atoms with Gasteiger partial charge < -0.3 is 10.0 Å². The van der Waals surface area contributed by atoms with E-state index in [0.29, 0.717) is 10.2 Å². The van der Waals surface area contributed by atoms with Crippen LogP contribution in [0, 0.1) is 0 Å². The molecule has 20 heavy (non-hydrogen) atoms. The number of aromatic nitrogens is 2. The molecule has 2 aromatic heterocycles. The number of carboxylic acid groups (broad SMARTS) is 1. The van der Waals surface area contributed by atoms with Gasteiger partial charge in [0.2, 0.25) is 5.91 Å². The van der Waals surface area contributed by atoms with Crippen molar-refractivity contribution in [2.24, 2.45) is 0 Å². The van der Waals surface area contributed by atoms with Crippen molar-refractivity contribution in [2.75, 3.05) is 7.05 Å². The third kappa shape index (κ3) is 2.55. The summed E-state index contributed by atoms with van der Waals surface area (Å²) in [5.41, 5.74) is -0.305. The lowest BCUT2D eigenvalue weighted by atomic mass is 10.3. The molecule has 0 aliphatic rings. The summed E-state index contributed by atoms with van der Waals surface area (Å²) in [4.78, 5) is 40.7. The zero-order valence-electron chi connectivity index (χ0n) is 10.9. The molecule has 0 aromatic carbocycles. The number of hydrogen-bond acceptors (Lipinski definition) is 5. The van der Waals surface area contributed by atoms with Crippen LogP contribution in [0.4, 0.5) is 0 Å². The van der Waals surface area contributed by atoms with E-state index < -0.39 is 17.9 Å². The fourth-order valence-corrected chi connectivity index (χ4v) is 2.37. The minimum atomic E-state index is -1.10. The maximum atomic E-state index is 12.1. The Labute approximate surface area is 118 Å². The first-order valence-corrected chi connectivity index (χ1v) is 6.71. The summed E-state index contributed by atoms with van der Waals surface area (Å²) in [6.07, 6.45) is 1.30. The molecule has 7 nitrogen and oxygen atoms in total. The SMILES string of the molecule is CC(C(=O)O)N(C)C(=O)Cn1cnc2sccc2c1=O. The number of rotatable bonds is 4. The summed E-state index contributed by atoms with van der Waals surface area (Å²) >= 11 is 1.35. The van der Waals surface area contributed by atoms with Crippen molar-refractivity contribution in [1.82, 2.24) is 14.5 Å². The van der Waals surface area contributed by atoms with Crippen molar-refractivity contribution in [1.29, 1.82) is 0 Å². The van der Waals surface area contributed by atoms with Crippen LogP contribution in [0.5, 0.6) is 0 Å². The molecule has 2 aromatic rings. The van der Waals surface area contributed by atoms with E-state index in [9.17, 15) is 14.4 Å². The number of carbonyl (C=O) groups excluding carboxylic acids is 1. The van der Waals surface area contributed by atoms with E-state index in [2.05, 4.69) is 4.98 Å². The fourth-order valence-electron chi connectivity index (χ4n) is 1.64. The van der Waals surface area contributed by atoms with Crippen LogP contribution in [-0.2, 0) is 16.1 Å². The third-order valence-corrected chi connectivity index (χ3v) is 3.91. The van der Waals surface area contributed by atoms with Gasteiger partial charge in [0.25, 0.3) is 5.56 Å². The number of carbonyl (C=O) groups is 2. The van der Waals surface area contributed by atoms with E-state index in [4.69, 9.17) is 5.11 Å². The first kappa shape index (κ1) is 14.2. The monoisotopic (exact) mass is 295 g/mol. The smallest absolute Gasteiger partial charge is 0.326 e. The van der Waals surface area contributed by atoms with Gasteiger partial charge in [-0.1, -0.05) is 0 Å². The number of thiophene rings is 1. The Morgan fingerprint density at radius 3 is 2.90 bits per heavy atom. The number of carboxylic acids is 1. The molecule has 1 N–H and O–H groups in total. The second-order valence-electron chi connectivity index (χ2n) is 4.34. The second-order valence-corrected chi connectivity index (χ2v) is 5.23. The molecule has 106 valence electrons. The summed E-state index contributed by atoms with van der Waals surface area (Å²) < 4.78 is 1.18. The minimum absolute atomic E-state index is 0.230. The van der Waals surface area contributed by atoms with E-state index in [0.717, 1.165) is 4.90 Å². The third-order valence-electron chi connectivity index (χ3n) is 3.09. The van der Waals surface area contributed by atoms with Crippen molar-refractivity contribution in [3.63, 3.8) is 0 Å². The average molecular weight is 295 g/mol. The number of hydrogen-bond donors (Lipinski definition) is 1. The Morgan fingerprint density at radius 2 is 2.25 bits per heavy atom. The van der Waals surface area contributed by atoms with Crippen LogP contribution < -0.4 is 5.56 Å². The number of nitrogens with zero attached hydrogens (tertiary/aromatic N) is 3. The molecule has 8 heteroatoms. The highest BCUT2D eigenvalue weighted by Crippen LogP contribution is 2.13. The maximum absolute atomic E-state index is 12.1. The molecule has 2 rings (SSSR count). The molecule has 2 heterocycles. The van der Waals surface area contributed by atoms with E-state index in [1.807, 2.05) is 0 Å². The predicted molar refractivity (Wildman–Crippen MR) is 73.7 cm³/mol. The van der Waals surface area contributed by atoms with Gasteiger partial charge in [0.15, 0.2) is 0 Å². The minimum Gasteiger partial charge on any atom is -0.480 e. The number of amides is 1.